The van der Waals surface area contributed by atoms with Gasteiger partial charge in [-0.05, 0) is 44.7 Å². The van der Waals surface area contributed by atoms with E-state index in [0.717, 1.165) is 6.54 Å². The lowest BCUT2D eigenvalue weighted by Gasteiger charge is -2.22. The normalized spacial score (nSPS) is 13.8. The van der Waals surface area contributed by atoms with E-state index in [9.17, 15) is 0 Å². The van der Waals surface area contributed by atoms with Crippen LogP contribution in [0.1, 0.15) is 52.7 Å². The van der Waals surface area contributed by atoms with Crippen LogP contribution < -0.4 is 5.32 Å². The van der Waals surface area contributed by atoms with Gasteiger partial charge in [0.2, 0.25) is 0 Å². The van der Waals surface area contributed by atoms with E-state index in [1.54, 1.807) is 0 Å². The molecule has 2 heteroatoms. The van der Waals surface area contributed by atoms with Gasteiger partial charge in [-0.15, -0.1) is 0 Å². The fourth-order valence-corrected chi connectivity index (χ4v) is 1.64. The molecule has 0 amide bonds. The minimum Gasteiger partial charge on any atom is -0.374 e. The molecular formula is C17H29NO. The highest BCUT2D eigenvalue weighted by atomic mass is 16.5. The van der Waals surface area contributed by atoms with Crippen LogP contribution in [-0.4, -0.2) is 11.6 Å². The first kappa shape index (κ1) is 16.2. The Kier molecular flexibility index (Phi) is 6.02. The largest absolute Gasteiger partial charge is 0.374 e. The summed E-state index contributed by atoms with van der Waals surface area (Å²) in [4.78, 5) is 0. The average Bonchev–Trinajstić information content (AvgIpc) is 2.33. The molecule has 0 heterocycles. The van der Waals surface area contributed by atoms with Gasteiger partial charge in [0.15, 0.2) is 0 Å². The van der Waals surface area contributed by atoms with Crippen molar-refractivity contribution in [3.05, 3.63) is 35.4 Å². The topological polar surface area (TPSA) is 21.3 Å². The molecule has 108 valence electrons. The Morgan fingerprint density at radius 2 is 1.63 bits per heavy atom. The minimum absolute atomic E-state index is 0.138. The van der Waals surface area contributed by atoms with Crippen molar-refractivity contribution < 1.29 is 4.74 Å². The summed E-state index contributed by atoms with van der Waals surface area (Å²) in [6, 6.07) is 8.51. The zero-order valence-corrected chi connectivity index (χ0v) is 13.3. The number of benzene rings is 1. The van der Waals surface area contributed by atoms with E-state index in [0.29, 0.717) is 18.6 Å². The lowest BCUT2D eigenvalue weighted by Crippen LogP contribution is -2.35. The number of hydrogen-bond donors (Lipinski definition) is 1. The van der Waals surface area contributed by atoms with Crippen LogP contribution in [0.15, 0.2) is 24.3 Å². The lowest BCUT2D eigenvalue weighted by molar-refractivity contribution is 0.0231. The molecule has 0 radical (unpaired) electrons. The van der Waals surface area contributed by atoms with Gasteiger partial charge in [0.05, 0.1) is 12.7 Å². The van der Waals surface area contributed by atoms with Crippen LogP contribution in [0.25, 0.3) is 0 Å². The fraction of sp³-hybridized carbons (Fsp3) is 0.647. The van der Waals surface area contributed by atoms with Crippen LogP contribution in [0.4, 0.5) is 0 Å². The van der Waals surface area contributed by atoms with E-state index >= 15 is 0 Å². The number of rotatable bonds is 6. The summed E-state index contributed by atoms with van der Waals surface area (Å²) in [5, 5.41) is 3.53. The molecule has 1 aromatic carbocycles. The van der Waals surface area contributed by atoms with Crippen LogP contribution in [0.5, 0.6) is 0 Å². The predicted octanol–water partition coefficient (Wildman–Crippen LogP) is 4.14. The third-order valence-electron chi connectivity index (χ3n) is 3.37. The molecule has 0 aromatic heterocycles. The lowest BCUT2D eigenvalue weighted by atomic mass is 10.0. The quantitative estimate of drug-likeness (QED) is 0.833. The van der Waals surface area contributed by atoms with Crippen molar-refractivity contribution in [3.8, 4) is 0 Å². The summed E-state index contributed by atoms with van der Waals surface area (Å²) in [6.45, 7) is 14.7. The molecular weight excluding hydrogens is 234 g/mol. The Labute approximate surface area is 118 Å². The standard InChI is InChI=1S/C17H29NO/c1-13(2)14(3)19-12-16-10-8-7-9-15(16)11-18-17(4,5)6/h7-10,13-14,18H,11-12H2,1-6H3. The third kappa shape index (κ3) is 6.22. The first-order chi connectivity index (χ1) is 8.79. The second-order valence-corrected chi connectivity index (χ2v) is 6.63. The van der Waals surface area contributed by atoms with Gasteiger partial charge in [0.1, 0.15) is 0 Å². The van der Waals surface area contributed by atoms with E-state index in [-0.39, 0.29) is 5.54 Å². The van der Waals surface area contributed by atoms with Crippen molar-refractivity contribution in [1.82, 2.24) is 5.32 Å². The van der Waals surface area contributed by atoms with E-state index in [1.807, 2.05) is 0 Å². The molecule has 0 aliphatic heterocycles. The van der Waals surface area contributed by atoms with Gasteiger partial charge in [-0.1, -0.05) is 38.1 Å². The first-order valence-electron chi connectivity index (χ1n) is 7.23. The molecule has 0 saturated carbocycles. The Balaban J connectivity index is 2.63. The predicted molar refractivity (Wildman–Crippen MR) is 82.1 cm³/mol. The van der Waals surface area contributed by atoms with Crippen molar-refractivity contribution in [2.45, 2.75) is 66.3 Å². The zero-order valence-electron chi connectivity index (χ0n) is 13.3. The molecule has 1 unspecified atom stereocenters. The monoisotopic (exact) mass is 263 g/mol. The molecule has 1 rings (SSSR count). The van der Waals surface area contributed by atoms with E-state index in [4.69, 9.17) is 4.74 Å². The summed E-state index contributed by atoms with van der Waals surface area (Å²) < 4.78 is 5.93. The van der Waals surface area contributed by atoms with Crippen molar-refractivity contribution in [1.29, 1.82) is 0 Å². The molecule has 0 spiro atoms. The molecule has 0 saturated heterocycles. The molecule has 19 heavy (non-hydrogen) atoms. The van der Waals surface area contributed by atoms with Crippen LogP contribution in [0.3, 0.4) is 0 Å². The second-order valence-electron chi connectivity index (χ2n) is 6.63. The van der Waals surface area contributed by atoms with Gasteiger partial charge in [-0.3, -0.25) is 0 Å². The summed E-state index contributed by atoms with van der Waals surface area (Å²) in [5.74, 6) is 0.555. The smallest absolute Gasteiger partial charge is 0.0723 e. The van der Waals surface area contributed by atoms with Gasteiger partial charge in [0.25, 0.3) is 0 Å². The van der Waals surface area contributed by atoms with E-state index in [1.165, 1.54) is 11.1 Å². The molecule has 1 aromatic rings. The van der Waals surface area contributed by atoms with Gasteiger partial charge >= 0.3 is 0 Å². The van der Waals surface area contributed by atoms with Gasteiger partial charge < -0.3 is 10.1 Å². The number of ether oxygens (including phenoxy) is 1. The van der Waals surface area contributed by atoms with Crippen molar-refractivity contribution in [2.24, 2.45) is 5.92 Å². The molecule has 0 fully saturated rings. The first-order valence-corrected chi connectivity index (χ1v) is 7.23. The summed E-state index contributed by atoms with van der Waals surface area (Å²) in [7, 11) is 0. The Morgan fingerprint density at radius 3 is 2.16 bits per heavy atom. The highest BCUT2D eigenvalue weighted by Crippen LogP contribution is 2.14. The minimum atomic E-state index is 0.138. The highest BCUT2D eigenvalue weighted by Gasteiger charge is 2.12. The summed E-state index contributed by atoms with van der Waals surface area (Å²) >= 11 is 0. The van der Waals surface area contributed by atoms with Crippen LogP contribution in [-0.2, 0) is 17.9 Å². The molecule has 0 aliphatic rings. The van der Waals surface area contributed by atoms with E-state index in [2.05, 4.69) is 71.1 Å². The third-order valence-corrected chi connectivity index (χ3v) is 3.37. The molecule has 0 bridgehead atoms. The van der Waals surface area contributed by atoms with E-state index < -0.39 is 0 Å². The van der Waals surface area contributed by atoms with Crippen molar-refractivity contribution in [2.75, 3.05) is 0 Å². The molecule has 0 aliphatic carbocycles. The summed E-state index contributed by atoms with van der Waals surface area (Å²) in [5.41, 5.74) is 2.75. The van der Waals surface area contributed by atoms with Gasteiger partial charge in [-0.2, -0.15) is 0 Å². The Morgan fingerprint density at radius 1 is 1.05 bits per heavy atom. The molecule has 2 nitrogen and oxygen atoms in total. The average molecular weight is 263 g/mol. The zero-order chi connectivity index (χ0) is 14.5. The summed E-state index contributed by atoms with van der Waals surface area (Å²) in [6.07, 6.45) is 0.295. The van der Waals surface area contributed by atoms with Gasteiger partial charge in [-0.25, -0.2) is 0 Å². The molecule has 1 atom stereocenters. The van der Waals surface area contributed by atoms with Gasteiger partial charge in [0, 0.05) is 12.1 Å². The Bertz CT molecular complexity index is 379. The van der Waals surface area contributed by atoms with Crippen molar-refractivity contribution in [3.63, 3.8) is 0 Å². The number of nitrogens with one attached hydrogen (secondary N) is 1. The highest BCUT2D eigenvalue weighted by molar-refractivity contribution is 5.26. The maximum Gasteiger partial charge on any atom is 0.0723 e. The Hall–Kier alpha value is -0.860. The van der Waals surface area contributed by atoms with Crippen LogP contribution in [0.2, 0.25) is 0 Å². The molecule has 1 N–H and O–H groups in total. The maximum atomic E-state index is 5.93. The number of hydrogen-bond acceptors (Lipinski definition) is 2. The maximum absolute atomic E-state index is 5.93. The fourth-order valence-electron chi connectivity index (χ4n) is 1.64. The second kappa shape index (κ2) is 7.06. The SMILES string of the molecule is CC(C)C(C)OCc1ccccc1CNC(C)(C)C. The van der Waals surface area contributed by atoms with Crippen LogP contribution >= 0.6 is 0 Å². The van der Waals surface area contributed by atoms with Crippen molar-refractivity contribution >= 4 is 0 Å². The van der Waals surface area contributed by atoms with Crippen LogP contribution in [0, 0.1) is 5.92 Å².